The van der Waals surface area contributed by atoms with Crippen LogP contribution in [0.1, 0.15) is 22.3 Å². The van der Waals surface area contributed by atoms with Gasteiger partial charge in [0.15, 0.2) is 16.6 Å². The maximum absolute atomic E-state index is 13.7. The van der Waals surface area contributed by atoms with Crippen LogP contribution >= 0.6 is 22.9 Å². The van der Waals surface area contributed by atoms with Crippen molar-refractivity contribution in [3.05, 3.63) is 46.5 Å². The van der Waals surface area contributed by atoms with Crippen molar-refractivity contribution in [3.63, 3.8) is 0 Å². The lowest BCUT2D eigenvalue weighted by Gasteiger charge is -2.28. The average molecular weight is 488 g/mol. The number of ether oxygens (including phenoxy) is 3. The first-order chi connectivity index (χ1) is 16.1. The number of hydrogen-bond donors (Lipinski definition) is 0. The second-order valence-electron chi connectivity index (χ2n) is 8.19. The number of nitrogens with zero attached hydrogens (tertiary/aromatic N) is 3. The molecule has 0 unspecified atom stereocenters. The highest BCUT2D eigenvalue weighted by atomic mass is 35.5. The SMILES string of the molecule is Cc1cc(Cl)cc2sc(N(CCCN3CCOCC3)C(=O)c3ccc4c(c3)OCCO4)nc12. The topological polar surface area (TPSA) is 64.1 Å². The van der Waals surface area contributed by atoms with E-state index in [2.05, 4.69) is 4.90 Å². The third-order valence-corrected chi connectivity index (χ3v) is 7.11. The predicted octanol–water partition coefficient (Wildman–Crippen LogP) is 4.40. The van der Waals surface area contributed by atoms with Gasteiger partial charge in [-0.25, -0.2) is 4.98 Å². The quantitative estimate of drug-likeness (QED) is 0.513. The minimum Gasteiger partial charge on any atom is -0.486 e. The Labute approximate surface area is 201 Å². The monoisotopic (exact) mass is 487 g/mol. The number of hydrogen-bond acceptors (Lipinski definition) is 7. The molecule has 1 amide bonds. The molecule has 2 aliphatic rings. The Morgan fingerprint density at radius 3 is 2.73 bits per heavy atom. The van der Waals surface area contributed by atoms with Gasteiger partial charge in [-0.2, -0.15) is 0 Å². The number of carbonyl (C=O) groups is 1. The van der Waals surface area contributed by atoms with Gasteiger partial charge in [0.25, 0.3) is 5.91 Å². The molecule has 2 aromatic carbocycles. The van der Waals surface area contributed by atoms with Crippen molar-refractivity contribution in [1.82, 2.24) is 9.88 Å². The largest absolute Gasteiger partial charge is 0.486 e. The highest BCUT2D eigenvalue weighted by Crippen LogP contribution is 2.35. The summed E-state index contributed by atoms with van der Waals surface area (Å²) in [4.78, 5) is 22.7. The number of aryl methyl sites for hydroxylation is 1. The molecule has 3 aromatic rings. The lowest BCUT2D eigenvalue weighted by atomic mass is 10.1. The van der Waals surface area contributed by atoms with Crippen LogP contribution in [0.2, 0.25) is 5.02 Å². The van der Waals surface area contributed by atoms with Crippen LogP contribution in [-0.2, 0) is 4.74 Å². The molecule has 3 heterocycles. The van der Waals surface area contributed by atoms with Crippen LogP contribution in [0.5, 0.6) is 11.5 Å². The summed E-state index contributed by atoms with van der Waals surface area (Å²) in [6.07, 6.45) is 0.839. The first-order valence-electron chi connectivity index (χ1n) is 11.2. The van der Waals surface area contributed by atoms with Crippen molar-refractivity contribution in [2.24, 2.45) is 0 Å². The number of anilines is 1. The predicted molar refractivity (Wildman–Crippen MR) is 130 cm³/mol. The molecule has 0 spiro atoms. The minimum atomic E-state index is -0.100. The highest BCUT2D eigenvalue weighted by molar-refractivity contribution is 7.22. The van der Waals surface area contributed by atoms with E-state index in [9.17, 15) is 4.79 Å². The van der Waals surface area contributed by atoms with Gasteiger partial charge in [0.05, 0.1) is 23.4 Å². The highest BCUT2D eigenvalue weighted by Gasteiger charge is 2.24. The number of halogens is 1. The van der Waals surface area contributed by atoms with Crippen molar-refractivity contribution < 1.29 is 19.0 Å². The molecule has 7 nitrogen and oxygen atoms in total. The van der Waals surface area contributed by atoms with Crippen LogP contribution in [0.3, 0.4) is 0 Å². The standard InChI is InChI=1S/C24H26ClN3O4S/c1-16-13-18(25)15-21-22(16)26-24(33-21)28(6-2-5-27-7-9-30-10-8-27)23(29)17-3-4-19-20(14-17)32-12-11-31-19/h3-4,13-15H,2,5-12H2,1H3. The molecule has 0 saturated carbocycles. The van der Waals surface area contributed by atoms with Gasteiger partial charge in [-0.05, 0) is 49.2 Å². The molecule has 1 fully saturated rings. The third kappa shape index (κ3) is 4.94. The molecule has 0 aliphatic carbocycles. The molecule has 174 valence electrons. The molecule has 1 saturated heterocycles. The summed E-state index contributed by atoms with van der Waals surface area (Å²) in [6, 6.07) is 9.17. The first kappa shape index (κ1) is 22.4. The number of rotatable bonds is 6. The van der Waals surface area contributed by atoms with E-state index >= 15 is 0 Å². The molecule has 9 heteroatoms. The molecule has 5 rings (SSSR count). The molecule has 1 aromatic heterocycles. The Morgan fingerprint density at radius 1 is 1.12 bits per heavy atom. The molecular formula is C24H26ClN3O4S. The lowest BCUT2D eigenvalue weighted by Crippen LogP contribution is -2.39. The number of benzene rings is 2. The van der Waals surface area contributed by atoms with Gasteiger partial charge >= 0.3 is 0 Å². The van der Waals surface area contributed by atoms with Crippen LogP contribution in [0, 0.1) is 6.92 Å². The van der Waals surface area contributed by atoms with Gasteiger partial charge in [-0.1, -0.05) is 22.9 Å². The van der Waals surface area contributed by atoms with Crippen LogP contribution in [0.4, 0.5) is 5.13 Å². The maximum Gasteiger partial charge on any atom is 0.260 e. The smallest absolute Gasteiger partial charge is 0.260 e. The Bertz CT molecular complexity index is 1160. The second kappa shape index (κ2) is 9.85. The van der Waals surface area contributed by atoms with E-state index in [-0.39, 0.29) is 5.91 Å². The molecule has 0 atom stereocenters. The van der Waals surface area contributed by atoms with Crippen LogP contribution in [-0.4, -0.2) is 68.4 Å². The van der Waals surface area contributed by atoms with Crippen molar-refractivity contribution in [1.29, 1.82) is 0 Å². The van der Waals surface area contributed by atoms with Crippen molar-refractivity contribution in [2.75, 3.05) is 57.5 Å². The van der Waals surface area contributed by atoms with Crippen molar-refractivity contribution >= 4 is 44.2 Å². The van der Waals surface area contributed by atoms with E-state index in [0.717, 1.165) is 55.0 Å². The summed E-state index contributed by atoms with van der Waals surface area (Å²) in [7, 11) is 0. The van der Waals surface area contributed by atoms with Crippen LogP contribution in [0.25, 0.3) is 10.2 Å². The fourth-order valence-electron chi connectivity index (χ4n) is 4.15. The van der Waals surface area contributed by atoms with Gasteiger partial charge in [0.1, 0.15) is 13.2 Å². The van der Waals surface area contributed by atoms with Gasteiger partial charge < -0.3 is 14.2 Å². The van der Waals surface area contributed by atoms with Crippen LogP contribution in [0.15, 0.2) is 30.3 Å². The van der Waals surface area contributed by atoms with Gasteiger partial charge in [-0.15, -0.1) is 0 Å². The fourth-order valence-corrected chi connectivity index (χ4v) is 5.60. The number of thiazole rings is 1. The Hall–Kier alpha value is -2.39. The second-order valence-corrected chi connectivity index (χ2v) is 9.63. The Balaban J connectivity index is 1.43. The van der Waals surface area contributed by atoms with Crippen LogP contribution < -0.4 is 14.4 Å². The summed E-state index contributed by atoms with van der Waals surface area (Å²) >= 11 is 7.76. The van der Waals surface area contributed by atoms with E-state index in [1.807, 2.05) is 19.1 Å². The zero-order valence-corrected chi connectivity index (χ0v) is 20.1. The summed E-state index contributed by atoms with van der Waals surface area (Å²) in [5.74, 6) is 1.17. The number of carbonyl (C=O) groups excluding carboxylic acids is 1. The molecule has 2 aliphatic heterocycles. The number of morpholine rings is 1. The number of aromatic nitrogens is 1. The fraction of sp³-hybridized carbons (Fsp3) is 0.417. The maximum atomic E-state index is 13.7. The van der Waals surface area contributed by atoms with Gasteiger partial charge in [-0.3, -0.25) is 14.6 Å². The normalized spacial score (nSPS) is 16.2. The van der Waals surface area contributed by atoms with Crippen molar-refractivity contribution in [3.8, 4) is 11.5 Å². The summed E-state index contributed by atoms with van der Waals surface area (Å²) in [6.45, 7) is 7.83. The third-order valence-electron chi connectivity index (χ3n) is 5.86. The van der Waals surface area contributed by atoms with E-state index in [0.29, 0.717) is 47.0 Å². The molecular weight excluding hydrogens is 462 g/mol. The Kier molecular flexibility index (Phi) is 6.69. The zero-order valence-electron chi connectivity index (χ0n) is 18.5. The Morgan fingerprint density at radius 2 is 1.91 bits per heavy atom. The van der Waals surface area contributed by atoms with E-state index < -0.39 is 0 Å². The lowest BCUT2D eigenvalue weighted by molar-refractivity contribution is 0.0376. The summed E-state index contributed by atoms with van der Waals surface area (Å²) in [5, 5.41) is 1.35. The van der Waals surface area contributed by atoms with Gasteiger partial charge in [0.2, 0.25) is 0 Å². The summed E-state index contributed by atoms with van der Waals surface area (Å²) < 4.78 is 17.7. The average Bonchev–Trinajstić information content (AvgIpc) is 3.26. The molecule has 0 bridgehead atoms. The van der Waals surface area contributed by atoms with E-state index in [1.165, 1.54) is 11.3 Å². The zero-order chi connectivity index (χ0) is 22.8. The molecule has 33 heavy (non-hydrogen) atoms. The van der Waals surface area contributed by atoms with Crippen molar-refractivity contribution in [2.45, 2.75) is 13.3 Å². The van der Waals surface area contributed by atoms with Gasteiger partial charge in [0, 0.05) is 36.8 Å². The minimum absolute atomic E-state index is 0.100. The van der Waals surface area contributed by atoms with E-state index in [4.69, 9.17) is 30.8 Å². The van der Waals surface area contributed by atoms with E-state index in [1.54, 1.807) is 23.1 Å². The molecule has 0 radical (unpaired) electrons. The first-order valence-corrected chi connectivity index (χ1v) is 12.4. The number of amides is 1. The molecule has 0 N–H and O–H groups in total. The number of fused-ring (bicyclic) bond motifs is 2. The summed E-state index contributed by atoms with van der Waals surface area (Å²) in [5.41, 5.74) is 2.44.